The van der Waals surface area contributed by atoms with Gasteiger partial charge in [0.15, 0.2) is 0 Å². The molecule has 0 aliphatic carbocycles. The first-order chi connectivity index (χ1) is 28.2. The number of nitrogens with zero attached hydrogens (tertiary/aromatic N) is 1. The van der Waals surface area contributed by atoms with E-state index >= 15 is 0 Å². The molecule has 0 saturated heterocycles. The van der Waals surface area contributed by atoms with Gasteiger partial charge >= 0.3 is 0 Å². The van der Waals surface area contributed by atoms with Crippen LogP contribution in [0.1, 0.15) is 29.0 Å². The summed E-state index contributed by atoms with van der Waals surface area (Å²) in [7, 11) is 0. The van der Waals surface area contributed by atoms with E-state index in [0.29, 0.717) is 0 Å². The maximum absolute atomic E-state index is 6.43. The van der Waals surface area contributed by atoms with Gasteiger partial charge in [0.05, 0.1) is 0 Å². The van der Waals surface area contributed by atoms with Crippen LogP contribution in [-0.2, 0) is 0 Å². The molecule has 1 aromatic heterocycles. The van der Waals surface area contributed by atoms with Crippen molar-refractivity contribution in [3.8, 4) is 33.4 Å². The molecule has 0 fully saturated rings. The van der Waals surface area contributed by atoms with Crippen LogP contribution in [0.25, 0.3) is 76.9 Å². The van der Waals surface area contributed by atoms with Gasteiger partial charge in [-0.2, -0.15) is 0 Å². The summed E-state index contributed by atoms with van der Waals surface area (Å²) < 4.78 is 6.43. The van der Waals surface area contributed by atoms with Gasteiger partial charge in [-0.05, 0) is 109 Å². The predicted molar refractivity (Wildman–Crippen MR) is 236 cm³/mol. The van der Waals surface area contributed by atoms with Gasteiger partial charge in [0.2, 0.25) is 0 Å². The minimum Gasteiger partial charge on any atom is -0.456 e. The summed E-state index contributed by atoms with van der Waals surface area (Å²) in [5, 5.41) is 14.6. The van der Waals surface area contributed by atoms with E-state index in [0.717, 1.165) is 61.2 Å². The van der Waals surface area contributed by atoms with Crippen molar-refractivity contribution in [3.05, 3.63) is 217 Å². The Kier molecular flexibility index (Phi) is 8.01. The molecule has 270 valence electrons. The molecule has 0 bridgehead atoms. The topological polar surface area (TPSA) is 49.6 Å². The summed E-state index contributed by atoms with van der Waals surface area (Å²) in [6, 6.07) is 71.3. The molecule has 11 rings (SSSR count). The maximum Gasteiger partial charge on any atom is 0.136 e. The van der Waals surface area contributed by atoms with E-state index in [4.69, 9.17) is 9.41 Å². The van der Waals surface area contributed by atoms with Crippen molar-refractivity contribution in [1.82, 2.24) is 10.6 Å². The van der Waals surface area contributed by atoms with Crippen LogP contribution < -0.4 is 10.6 Å². The molecular formula is C53H37N3O. The molecule has 57 heavy (non-hydrogen) atoms. The average molecular weight is 732 g/mol. The Morgan fingerprint density at radius 1 is 0.404 bits per heavy atom. The highest BCUT2D eigenvalue weighted by Crippen LogP contribution is 2.40. The van der Waals surface area contributed by atoms with Crippen molar-refractivity contribution in [2.24, 2.45) is 4.99 Å². The second-order valence-corrected chi connectivity index (χ2v) is 14.9. The second-order valence-electron chi connectivity index (χ2n) is 14.9. The Bertz CT molecular complexity index is 3150. The highest BCUT2D eigenvalue weighted by atomic mass is 16.3. The van der Waals surface area contributed by atoms with Crippen LogP contribution in [0, 0.1) is 0 Å². The van der Waals surface area contributed by atoms with Crippen molar-refractivity contribution in [2.75, 3.05) is 0 Å². The highest BCUT2D eigenvalue weighted by Gasteiger charge is 2.26. The summed E-state index contributed by atoms with van der Waals surface area (Å²) in [6.45, 7) is 0. The first-order valence-electron chi connectivity index (χ1n) is 19.5. The van der Waals surface area contributed by atoms with Gasteiger partial charge in [-0.15, -0.1) is 0 Å². The van der Waals surface area contributed by atoms with Crippen molar-refractivity contribution in [3.63, 3.8) is 0 Å². The van der Waals surface area contributed by atoms with Gasteiger partial charge in [0, 0.05) is 16.3 Å². The standard InChI is InChI=1S/C53H37N3O/c1-3-11-34(12-4-1)38-17-9-18-44(31-38)52-54-51(36-14-5-2-6-15-36)55-53(56-52)45-26-24-40-30-43(25-23-41(40)32-45)46-19-10-20-49-50(46)47-33-42(27-28-48(47)57-49)39-22-21-35-13-7-8-16-37(35)29-39/h1-33,51,53,55H,(H,54,56). The monoisotopic (exact) mass is 731 g/mol. The fourth-order valence-corrected chi connectivity index (χ4v) is 8.39. The van der Waals surface area contributed by atoms with Crippen LogP contribution in [0.15, 0.2) is 210 Å². The Morgan fingerprint density at radius 2 is 1.04 bits per heavy atom. The highest BCUT2D eigenvalue weighted by molar-refractivity contribution is 6.14. The van der Waals surface area contributed by atoms with Gasteiger partial charge in [-0.25, -0.2) is 4.99 Å². The van der Waals surface area contributed by atoms with Crippen molar-refractivity contribution in [2.45, 2.75) is 12.3 Å². The number of aliphatic imine (C=N–C) groups is 1. The number of nitrogens with one attached hydrogen (secondary N) is 2. The molecule has 4 heteroatoms. The van der Waals surface area contributed by atoms with E-state index in [2.05, 4.69) is 211 Å². The molecule has 1 aliphatic heterocycles. The molecular weight excluding hydrogens is 695 g/mol. The zero-order chi connectivity index (χ0) is 37.7. The van der Waals surface area contributed by atoms with Crippen LogP contribution >= 0.6 is 0 Å². The molecule has 2 atom stereocenters. The fraction of sp³-hybridized carbons (Fsp3) is 0.0377. The van der Waals surface area contributed by atoms with Crippen LogP contribution in [0.5, 0.6) is 0 Å². The molecule has 9 aromatic carbocycles. The number of amidine groups is 1. The Labute approximate surface area is 330 Å². The van der Waals surface area contributed by atoms with E-state index in [9.17, 15) is 0 Å². The van der Waals surface area contributed by atoms with Crippen LogP contribution in [0.2, 0.25) is 0 Å². The Balaban J connectivity index is 0.959. The van der Waals surface area contributed by atoms with E-state index in [1.54, 1.807) is 0 Å². The van der Waals surface area contributed by atoms with Gasteiger partial charge in [0.25, 0.3) is 0 Å². The zero-order valence-corrected chi connectivity index (χ0v) is 31.1. The van der Waals surface area contributed by atoms with Crippen molar-refractivity contribution < 1.29 is 4.42 Å². The molecule has 10 aromatic rings. The number of furan rings is 1. The molecule has 0 amide bonds. The molecule has 1 aliphatic rings. The summed E-state index contributed by atoms with van der Waals surface area (Å²) >= 11 is 0. The maximum atomic E-state index is 6.43. The smallest absolute Gasteiger partial charge is 0.136 e. The van der Waals surface area contributed by atoms with E-state index in [1.807, 2.05) is 0 Å². The molecule has 2 unspecified atom stereocenters. The van der Waals surface area contributed by atoms with Crippen LogP contribution in [0.4, 0.5) is 0 Å². The lowest BCUT2D eigenvalue weighted by atomic mass is 9.95. The lowest BCUT2D eigenvalue weighted by Crippen LogP contribution is -2.44. The number of rotatable bonds is 6. The van der Waals surface area contributed by atoms with Crippen LogP contribution in [0.3, 0.4) is 0 Å². The lowest BCUT2D eigenvalue weighted by molar-refractivity contribution is 0.409. The Morgan fingerprint density at radius 3 is 1.93 bits per heavy atom. The third-order valence-corrected chi connectivity index (χ3v) is 11.3. The van der Waals surface area contributed by atoms with E-state index in [1.165, 1.54) is 38.2 Å². The summed E-state index contributed by atoms with van der Waals surface area (Å²) in [4.78, 5) is 5.29. The largest absolute Gasteiger partial charge is 0.456 e. The summed E-state index contributed by atoms with van der Waals surface area (Å²) in [5.41, 5.74) is 12.1. The SMILES string of the molecule is c1ccc(-c2cccc(C3=NC(c4ccc5cc(-c6cccc7oc8ccc(-c9ccc%10ccccc%10c9)cc8c67)ccc5c4)NC(c4ccccc4)N3)c2)cc1. The van der Waals surface area contributed by atoms with Gasteiger partial charge in [-0.1, -0.05) is 158 Å². The number of hydrogen-bond acceptors (Lipinski definition) is 4. The van der Waals surface area contributed by atoms with Gasteiger partial charge in [-0.3, -0.25) is 5.32 Å². The quantitative estimate of drug-likeness (QED) is 0.179. The third-order valence-electron chi connectivity index (χ3n) is 11.3. The van der Waals surface area contributed by atoms with Gasteiger partial charge in [0.1, 0.15) is 29.3 Å². The van der Waals surface area contributed by atoms with Crippen molar-refractivity contribution >= 4 is 49.3 Å². The first-order valence-corrected chi connectivity index (χ1v) is 19.5. The third kappa shape index (κ3) is 6.13. The molecule has 2 N–H and O–H groups in total. The summed E-state index contributed by atoms with van der Waals surface area (Å²) in [6.07, 6.45) is -0.368. The van der Waals surface area contributed by atoms with Crippen LogP contribution in [-0.4, -0.2) is 5.84 Å². The average Bonchev–Trinajstić information content (AvgIpc) is 3.67. The summed E-state index contributed by atoms with van der Waals surface area (Å²) in [5.74, 6) is 0.866. The lowest BCUT2D eigenvalue weighted by Gasteiger charge is -2.32. The number of benzene rings is 9. The molecule has 0 spiro atoms. The normalized spacial score (nSPS) is 15.5. The Hall–Kier alpha value is -7.27. The molecule has 2 heterocycles. The zero-order valence-electron chi connectivity index (χ0n) is 31.1. The molecule has 0 radical (unpaired) electrons. The minimum absolute atomic E-state index is 0.117. The second kappa shape index (κ2) is 13.8. The molecule has 0 saturated carbocycles. The van der Waals surface area contributed by atoms with E-state index < -0.39 is 0 Å². The predicted octanol–water partition coefficient (Wildman–Crippen LogP) is 13.2. The number of fused-ring (bicyclic) bond motifs is 5. The first kappa shape index (κ1) is 33.1. The molecule has 4 nitrogen and oxygen atoms in total. The fourth-order valence-electron chi connectivity index (χ4n) is 8.39. The van der Waals surface area contributed by atoms with Gasteiger partial charge < -0.3 is 9.73 Å². The van der Waals surface area contributed by atoms with E-state index in [-0.39, 0.29) is 12.3 Å². The van der Waals surface area contributed by atoms with Crippen molar-refractivity contribution in [1.29, 1.82) is 0 Å². The number of hydrogen-bond donors (Lipinski definition) is 2. The minimum atomic E-state index is -0.251.